The van der Waals surface area contributed by atoms with Crippen LogP contribution in [0, 0.1) is 5.41 Å². The van der Waals surface area contributed by atoms with E-state index >= 15 is 0 Å². The highest BCUT2D eigenvalue weighted by molar-refractivity contribution is 6.00. The maximum Gasteiger partial charge on any atom is 0.326 e. The molecule has 0 fully saturated rings. The molecule has 0 saturated heterocycles. The summed E-state index contributed by atoms with van der Waals surface area (Å²) in [7, 11) is 0. The number of primary amides is 1. The van der Waals surface area contributed by atoms with Gasteiger partial charge >= 0.3 is 5.97 Å². The summed E-state index contributed by atoms with van der Waals surface area (Å²) in [6.45, 7) is 11.9. The van der Waals surface area contributed by atoms with Gasteiger partial charge < -0.3 is 21.5 Å². The number of anilines is 1. The largest absolute Gasteiger partial charge is 0.480 e. The van der Waals surface area contributed by atoms with Crippen LogP contribution in [0.2, 0.25) is 0 Å². The number of amides is 3. The Kier molecular flexibility index (Phi) is 12.1. The number of hydrogen-bond donors (Lipinski definition) is 4. The number of carboxylic acids is 1. The average molecular weight is 562 g/mol. The van der Waals surface area contributed by atoms with Crippen LogP contribution in [-0.4, -0.2) is 34.8 Å². The molecule has 41 heavy (non-hydrogen) atoms. The molecule has 8 nitrogen and oxygen atoms in total. The molecule has 1 aromatic carbocycles. The van der Waals surface area contributed by atoms with E-state index in [0.717, 1.165) is 17.6 Å². The molecule has 2 rings (SSSR count). The van der Waals surface area contributed by atoms with Gasteiger partial charge in [0.1, 0.15) is 6.04 Å². The summed E-state index contributed by atoms with van der Waals surface area (Å²) in [6.07, 6.45) is 15.0. The minimum atomic E-state index is -1.26. The number of nitrogens with two attached hydrogens (primary N) is 1. The molecule has 1 aliphatic rings. The third-order valence-electron chi connectivity index (χ3n) is 7.20. The molecular formula is C33H43N3O5. The van der Waals surface area contributed by atoms with Crippen LogP contribution in [0.3, 0.4) is 0 Å². The van der Waals surface area contributed by atoms with E-state index in [1.807, 2.05) is 32.1 Å². The second kappa shape index (κ2) is 15.0. The number of carbonyl (C=O) groups is 4. The second-order valence-corrected chi connectivity index (χ2v) is 11.3. The van der Waals surface area contributed by atoms with Crippen molar-refractivity contribution >= 4 is 29.4 Å². The molecule has 2 atom stereocenters. The molecule has 0 saturated carbocycles. The van der Waals surface area contributed by atoms with Crippen molar-refractivity contribution in [3.63, 3.8) is 0 Å². The highest BCUT2D eigenvalue weighted by Crippen LogP contribution is 2.40. The first-order valence-corrected chi connectivity index (χ1v) is 13.8. The van der Waals surface area contributed by atoms with Gasteiger partial charge in [0, 0.05) is 18.7 Å². The first-order valence-electron chi connectivity index (χ1n) is 13.8. The van der Waals surface area contributed by atoms with E-state index < -0.39 is 29.7 Å². The lowest BCUT2D eigenvalue weighted by molar-refractivity contribution is -0.142. The lowest BCUT2D eigenvalue weighted by Crippen LogP contribution is -2.42. The Morgan fingerprint density at radius 1 is 1.05 bits per heavy atom. The van der Waals surface area contributed by atoms with E-state index in [-0.39, 0.29) is 17.7 Å². The van der Waals surface area contributed by atoms with Crippen LogP contribution in [0.25, 0.3) is 0 Å². The summed E-state index contributed by atoms with van der Waals surface area (Å²) in [4.78, 5) is 47.3. The van der Waals surface area contributed by atoms with Gasteiger partial charge in [0.15, 0.2) is 0 Å². The van der Waals surface area contributed by atoms with Crippen molar-refractivity contribution < 1.29 is 24.3 Å². The Bertz CT molecular complexity index is 1300. The van der Waals surface area contributed by atoms with Crippen LogP contribution in [0.15, 0.2) is 83.0 Å². The monoisotopic (exact) mass is 561 g/mol. The van der Waals surface area contributed by atoms with Crippen LogP contribution in [-0.2, 0) is 19.2 Å². The zero-order valence-electron chi connectivity index (χ0n) is 24.9. The standard InChI is InChI=1S/C33H43N3O5/c1-21(12-17-28-23(3)11-8-18-33(28,5)6)9-7-10-22(2)19-30(38)36-26-15-13-25(14-16-26)27(31(34)39)20-29(32(40)41)35-24(4)37/h7,9-10,12-17,19,27,29H,8,11,18,20H2,1-6H3,(H2,34,39)(H,35,37)(H,36,38)(H,40,41)/b10-7+,17-12+,21-9+,22-19+. The molecule has 0 bridgehead atoms. The van der Waals surface area contributed by atoms with Gasteiger partial charge in [-0.15, -0.1) is 0 Å². The predicted octanol–water partition coefficient (Wildman–Crippen LogP) is 5.71. The van der Waals surface area contributed by atoms with Crippen molar-refractivity contribution in [1.82, 2.24) is 5.32 Å². The van der Waals surface area contributed by atoms with Gasteiger partial charge in [-0.3, -0.25) is 14.4 Å². The Balaban J connectivity index is 2.01. The number of allylic oxidation sites excluding steroid dienone is 9. The smallest absolute Gasteiger partial charge is 0.326 e. The molecule has 0 spiro atoms. The van der Waals surface area contributed by atoms with Gasteiger partial charge in [-0.2, -0.15) is 0 Å². The van der Waals surface area contributed by atoms with Gasteiger partial charge in [-0.1, -0.05) is 67.5 Å². The molecule has 1 aromatic rings. The zero-order chi connectivity index (χ0) is 30.7. The first kappa shape index (κ1) is 33.0. The fourth-order valence-corrected chi connectivity index (χ4v) is 4.98. The van der Waals surface area contributed by atoms with E-state index in [1.165, 1.54) is 37.0 Å². The summed E-state index contributed by atoms with van der Waals surface area (Å²) in [5.74, 6) is -3.74. The number of nitrogens with one attached hydrogen (secondary N) is 2. The highest BCUT2D eigenvalue weighted by Gasteiger charge is 2.28. The second-order valence-electron chi connectivity index (χ2n) is 11.3. The molecule has 1 aliphatic carbocycles. The Morgan fingerprint density at radius 3 is 2.27 bits per heavy atom. The van der Waals surface area contributed by atoms with Gasteiger partial charge in [-0.25, -0.2) is 4.79 Å². The molecule has 2 unspecified atom stereocenters. The van der Waals surface area contributed by atoms with Crippen LogP contribution in [0.1, 0.15) is 78.7 Å². The third kappa shape index (κ3) is 10.7. The summed E-state index contributed by atoms with van der Waals surface area (Å²) in [5.41, 5.74) is 11.5. The Morgan fingerprint density at radius 2 is 1.71 bits per heavy atom. The fraction of sp³-hybridized carbons (Fsp3) is 0.394. The maximum atomic E-state index is 12.5. The van der Waals surface area contributed by atoms with Gasteiger partial charge in [0.2, 0.25) is 17.7 Å². The molecule has 5 N–H and O–H groups in total. The van der Waals surface area contributed by atoms with E-state index in [4.69, 9.17) is 5.73 Å². The van der Waals surface area contributed by atoms with Gasteiger partial charge in [0.05, 0.1) is 5.92 Å². The van der Waals surface area contributed by atoms with Crippen LogP contribution >= 0.6 is 0 Å². The van der Waals surface area contributed by atoms with Crippen LogP contribution < -0.4 is 16.4 Å². The number of aliphatic carboxylic acids is 1. The molecule has 220 valence electrons. The number of carboxylic acid groups (broad SMARTS) is 1. The van der Waals surface area contributed by atoms with Crippen LogP contribution in [0.4, 0.5) is 5.69 Å². The number of carbonyl (C=O) groups excluding carboxylic acids is 3. The predicted molar refractivity (Wildman–Crippen MR) is 163 cm³/mol. The minimum Gasteiger partial charge on any atom is -0.480 e. The SMILES string of the molecule is CC(=O)NC(CC(C(N)=O)c1ccc(NC(=O)/C=C(C)/C=C/C=C(C)/C=C/C2=C(C)CCCC2(C)C)cc1)C(=O)O. The normalized spacial score (nSPS) is 17.4. The lowest BCUT2D eigenvalue weighted by Gasteiger charge is -2.32. The van der Waals surface area contributed by atoms with Crippen molar-refractivity contribution in [2.24, 2.45) is 11.1 Å². The molecule has 0 radical (unpaired) electrons. The minimum absolute atomic E-state index is 0.191. The van der Waals surface area contributed by atoms with E-state index in [2.05, 4.69) is 43.6 Å². The molecule has 3 amide bonds. The number of hydrogen-bond acceptors (Lipinski definition) is 4. The van der Waals surface area contributed by atoms with Gasteiger partial charge in [0.25, 0.3) is 0 Å². The molecule has 8 heteroatoms. The van der Waals surface area contributed by atoms with Crippen molar-refractivity contribution in [2.75, 3.05) is 5.32 Å². The summed E-state index contributed by atoms with van der Waals surface area (Å²) < 4.78 is 0. The van der Waals surface area contributed by atoms with Crippen molar-refractivity contribution in [1.29, 1.82) is 0 Å². The maximum absolute atomic E-state index is 12.5. The Labute approximate surface area is 243 Å². The number of benzene rings is 1. The van der Waals surface area contributed by atoms with E-state index in [1.54, 1.807) is 24.3 Å². The van der Waals surface area contributed by atoms with Crippen molar-refractivity contribution in [3.8, 4) is 0 Å². The topological polar surface area (TPSA) is 139 Å². The van der Waals surface area contributed by atoms with Crippen LogP contribution in [0.5, 0.6) is 0 Å². The first-order chi connectivity index (χ1) is 19.2. The Hall–Kier alpha value is -4.20. The van der Waals surface area contributed by atoms with E-state index in [0.29, 0.717) is 11.3 Å². The zero-order valence-corrected chi connectivity index (χ0v) is 24.9. The molecule has 0 aromatic heterocycles. The molecular weight excluding hydrogens is 518 g/mol. The van der Waals surface area contributed by atoms with Crippen molar-refractivity contribution in [3.05, 3.63) is 88.6 Å². The number of rotatable bonds is 12. The van der Waals surface area contributed by atoms with E-state index in [9.17, 15) is 24.3 Å². The molecule has 0 aliphatic heterocycles. The van der Waals surface area contributed by atoms with Gasteiger partial charge in [-0.05, 0) is 80.7 Å². The fourth-order valence-electron chi connectivity index (χ4n) is 4.98. The summed E-state index contributed by atoms with van der Waals surface area (Å²) in [6, 6.07) is 5.16. The third-order valence-corrected chi connectivity index (χ3v) is 7.20. The summed E-state index contributed by atoms with van der Waals surface area (Å²) >= 11 is 0. The lowest BCUT2D eigenvalue weighted by atomic mass is 9.72. The molecule has 0 heterocycles. The summed E-state index contributed by atoms with van der Waals surface area (Å²) in [5, 5.41) is 14.4. The quantitative estimate of drug-likeness (QED) is 0.191. The average Bonchev–Trinajstić information content (AvgIpc) is 2.85. The van der Waals surface area contributed by atoms with Crippen molar-refractivity contribution in [2.45, 2.75) is 79.2 Å². The highest BCUT2D eigenvalue weighted by atomic mass is 16.4.